The van der Waals surface area contributed by atoms with Crippen molar-refractivity contribution in [2.24, 2.45) is 0 Å². The Kier molecular flexibility index (Phi) is 8.00. The minimum absolute atomic E-state index is 0.189. The van der Waals surface area contributed by atoms with E-state index in [2.05, 4.69) is 10.3 Å². The number of carbonyl (C=O) groups is 3. The third-order valence-corrected chi connectivity index (χ3v) is 8.48. The van der Waals surface area contributed by atoms with Crippen LogP contribution in [0.3, 0.4) is 0 Å². The molecule has 204 valence electrons. The standard InChI is InChI=1S/C31H28ClN3O4S/c1-18-3-5-22(6-4-18)28-27(33-19(2)40-28)29(36)34-24-11-12-26(32)25(17-24)30(37)35-15-13-21(14-16-35)20-7-9-23(10-8-20)31(38)39/h3-12,17,21H,13-16H2,1-2H3,(H,34,36)(H,38,39). The fourth-order valence-electron chi connectivity index (χ4n) is 4.92. The lowest BCUT2D eigenvalue weighted by Gasteiger charge is -2.32. The number of amides is 2. The van der Waals surface area contributed by atoms with Gasteiger partial charge in [-0.3, -0.25) is 9.59 Å². The highest BCUT2D eigenvalue weighted by atomic mass is 35.5. The fraction of sp³-hybridized carbons (Fsp3) is 0.226. The van der Waals surface area contributed by atoms with E-state index in [0.717, 1.165) is 39.4 Å². The number of rotatable bonds is 6. The number of halogens is 1. The van der Waals surface area contributed by atoms with Crippen LogP contribution in [0, 0.1) is 13.8 Å². The summed E-state index contributed by atoms with van der Waals surface area (Å²) in [4.78, 5) is 44.8. The van der Waals surface area contributed by atoms with Crippen molar-refractivity contribution < 1.29 is 19.5 Å². The normalized spacial score (nSPS) is 13.7. The molecule has 4 aromatic rings. The number of hydrogen-bond donors (Lipinski definition) is 2. The minimum Gasteiger partial charge on any atom is -0.478 e. The number of benzene rings is 3. The van der Waals surface area contributed by atoms with Crippen molar-refractivity contribution >= 4 is 46.4 Å². The molecule has 7 nitrogen and oxygen atoms in total. The summed E-state index contributed by atoms with van der Waals surface area (Å²) in [5.41, 5.74) is 4.52. The van der Waals surface area contributed by atoms with Crippen molar-refractivity contribution in [3.63, 3.8) is 0 Å². The van der Waals surface area contributed by atoms with Crippen LogP contribution in [0.5, 0.6) is 0 Å². The molecule has 0 radical (unpaired) electrons. The maximum Gasteiger partial charge on any atom is 0.335 e. The zero-order valence-corrected chi connectivity index (χ0v) is 23.7. The van der Waals surface area contributed by atoms with Crippen molar-refractivity contribution in [2.75, 3.05) is 18.4 Å². The summed E-state index contributed by atoms with van der Waals surface area (Å²) in [5.74, 6) is -1.24. The Labute approximate surface area is 241 Å². The van der Waals surface area contributed by atoms with Gasteiger partial charge in [0.05, 0.1) is 26.0 Å². The Morgan fingerprint density at radius 3 is 2.30 bits per heavy atom. The molecule has 0 atom stereocenters. The Hall–Kier alpha value is -4.01. The van der Waals surface area contributed by atoms with Crippen LogP contribution in [0.15, 0.2) is 66.7 Å². The summed E-state index contributed by atoms with van der Waals surface area (Å²) >= 11 is 7.89. The van der Waals surface area contributed by atoms with Crippen molar-refractivity contribution in [2.45, 2.75) is 32.6 Å². The molecule has 0 saturated carbocycles. The highest BCUT2D eigenvalue weighted by Crippen LogP contribution is 2.33. The number of nitrogens with zero attached hydrogens (tertiary/aromatic N) is 2. The van der Waals surface area contributed by atoms with Crippen LogP contribution in [0.4, 0.5) is 5.69 Å². The number of carboxylic acid groups (broad SMARTS) is 1. The van der Waals surface area contributed by atoms with Gasteiger partial charge in [-0.1, -0.05) is 53.6 Å². The number of carbonyl (C=O) groups excluding carboxylic acids is 2. The summed E-state index contributed by atoms with van der Waals surface area (Å²) in [5, 5.41) is 13.1. The number of aryl methyl sites for hydroxylation is 2. The first-order chi connectivity index (χ1) is 19.2. The van der Waals surface area contributed by atoms with E-state index in [1.807, 2.05) is 50.2 Å². The first kappa shape index (κ1) is 27.6. The number of nitrogens with one attached hydrogen (secondary N) is 1. The number of carboxylic acids is 1. The lowest BCUT2D eigenvalue weighted by Crippen LogP contribution is -2.38. The topological polar surface area (TPSA) is 99.6 Å². The van der Waals surface area contributed by atoms with Gasteiger partial charge in [-0.05, 0) is 74.1 Å². The van der Waals surface area contributed by atoms with E-state index < -0.39 is 5.97 Å². The molecule has 1 fully saturated rings. The van der Waals surface area contributed by atoms with Crippen LogP contribution in [-0.4, -0.2) is 45.9 Å². The largest absolute Gasteiger partial charge is 0.478 e. The number of aromatic carboxylic acids is 1. The second-order valence-electron chi connectivity index (χ2n) is 9.92. The van der Waals surface area contributed by atoms with E-state index in [1.54, 1.807) is 35.2 Å². The second kappa shape index (κ2) is 11.6. The van der Waals surface area contributed by atoms with Gasteiger partial charge in [0.2, 0.25) is 0 Å². The molecule has 1 aromatic heterocycles. The molecule has 2 amide bonds. The molecule has 5 rings (SSSR count). The van der Waals surface area contributed by atoms with Gasteiger partial charge in [-0.25, -0.2) is 9.78 Å². The summed E-state index contributed by atoms with van der Waals surface area (Å²) < 4.78 is 0. The van der Waals surface area contributed by atoms with E-state index in [-0.39, 0.29) is 23.3 Å². The molecule has 2 heterocycles. The van der Waals surface area contributed by atoms with Gasteiger partial charge in [0.25, 0.3) is 11.8 Å². The van der Waals surface area contributed by atoms with E-state index in [1.165, 1.54) is 11.3 Å². The minimum atomic E-state index is -0.948. The average molecular weight is 574 g/mol. The molecule has 0 spiro atoms. The molecule has 1 saturated heterocycles. The van der Waals surface area contributed by atoms with Crippen LogP contribution < -0.4 is 5.32 Å². The quantitative estimate of drug-likeness (QED) is 0.257. The van der Waals surface area contributed by atoms with E-state index in [9.17, 15) is 14.4 Å². The van der Waals surface area contributed by atoms with Crippen molar-refractivity contribution in [1.29, 1.82) is 0 Å². The van der Waals surface area contributed by atoms with E-state index in [0.29, 0.717) is 35.1 Å². The third kappa shape index (κ3) is 5.93. The molecule has 0 unspecified atom stereocenters. The maximum atomic E-state index is 13.4. The second-order valence-corrected chi connectivity index (χ2v) is 11.5. The van der Waals surface area contributed by atoms with Gasteiger partial charge in [0.15, 0.2) is 0 Å². The number of likely N-dealkylation sites (tertiary alicyclic amines) is 1. The zero-order valence-electron chi connectivity index (χ0n) is 22.1. The summed E-state index contributed by atoms with van der Waals surface area (Å²) in [6.45, 7) is 4.98. The van der Waals surface area contributed by atoms with Gasteiger partial charge in [-0.15, -0.1) is 11.3 Å². The third-order valence-electron chi connectivity index (χ3n) is 7.13. The van der Waals surface area contributed by atoms with E-state index >= 15 is 0 Å². The van der Waals surface area contributed by atoms with E-state index in [4.69, 9.17) is 16.7 Å². The van der Waals surface area contributed by atoms with Crippen molar-refractivity contribution in [1.82, 2.24) is 9.88 Å². The Morgan fingerprint density at radius 2 is 1.65 bits per heavy atom. The molecular weight excluding hydrogens is 546 g/mol. The summed E-state index contributed by atoms with van der Waals surface area (Å²) in [6.07, 6.45) is 1.52. The number of anilines is 1. The first-order valence-electron chi connectivity index (χ1n) is 13.0. The lowest BCUT2D eigenvalue weighted by molar-refractivity contribution is 0.0691. The molecular formula is C31H28ClN3O4S. The number of hydrogen-bond acceptors (Lipinski definition) is 5. The summed E-state index contributed by atoms with van der Waals surface area (Å²) in [7, 11) is 0. The Balaban J connectivity index is 1.28. The molecule has 0 aliphatic carbocycles. The molecule has 1 aliphatic heterocycles. The molecule has 0 bridgehead atoms. The number of aromatic nitrogens is 1. The van der Waals surface area contributed by atoms with Crippen LogP contribution in [0.2, 0.25) is 5.02 Å². The highest BCUT2D eigenvalue weighted by molar-refractivity contribution is 7.15. The van der Waals surface area contributed by atoms with Gasteiger partial charge < -0.3 is 15.3 Å². The smallest absolute Gasteiger partial charge is 0.335 e. The van der Waals surface area contributed by atoms with Crippen molar-refractivity contribution in [3.8, 4) is 10.4 Å². The Bertz CT molecular complexity index is 1570. The summed E-state index contributed by atoms with van der Waals surface area (Å²) in [6, 6.07) is 19.8. The monoisotopic (exact) mass is 573 g/mol. The SMILES string of the molecule is Cc1ccc(-c2sc(C)nc2C(=O)Nc2ccc(Cl)c(C(=O)N3CCC(c4ccc(C(=O)O)cc4)CC3)c2)cc1. The van der Waals surface area contributed by atoms with Crippen LogP contribution in [0.25, 0.3) is 10.4 Å². The molecule has 3 aromatic carbocycles. The van der Waals surface area contributed by atoms with Crippen LogP contribution in [0.1, 0.15) is 66.1 Å². The van der Waals surface area contributed by atoms with Gasteiger partial charge in [0, 0.05) is 18.8 Å². The molecule has 9 heteroatoms. The Morgan fingerprint density at radius 1 is 0.975 bits per heavy atom. The molecule has 1 aliphatic rings. The highest BCUT2D eigenvalue weighted by Gasteiger charge is 2.26. The number of thiazole rings is 1. The lowest BCUT2D eigenvalue weighted by atomic mass is 9.89. The van der Waals surface area contributed by atoms with Crippen molar-refractivity contribution in [3.05, 3.63) is 105 Å². The molecule has 2 N–H and O–H groups in total. The first-order valence-corrected chi connectivity index (χ1v) is 14.2. The fourth-order valence-corrected chi connectivity index (χ4v) is 6.04. The maximum absolute atomic E-state index is 13.4. The zero-order chi connectivity index (χ0) is 28.4. The van der Waals surface area contributed by atoms with Crippen LogP contribution >= 0.6 is 22.9 Å². The predicted octanol–water partition coefficient (Wildman–Crippen LogP) is 7.05. The van der Waals surface area contributed by atoms with Gasteiger partial charge in [-0.2, -0.15) is 0 Å². The predicted molar refractivity (Wildman–Crippen MR) is 158 cm³/mol. The van der Waals surface area contributed by atoms with Gasteiger partial charge in [0.1, 0.15) is 5.69 Å². The average Bonchev–Trinajstić information content (AvgIpc) is 3.36. The number of piperidine rings is 1. The molecule has 40 heavy (non-hydrogen) atoms. The van der Waals surface area contributed by atoms with Crippen LogP contribution in [-0.2, 0) is 0 Å². The van der Waals surface area contributed by atoms with Gasteiger partial charge >= 0.3 is 5.97 Å².